The monoisotopic (exact) mass is 374 g/mol. The summed E-state index contributed by atoms with van der Waals surface area (Å²) in [5, 5.41) is -0.435. The van der Waals surface area contributed by atoms with Crippen molar-refractivity contribution in [2.45, 2.75) is 21.0 Å². The molecule has 0 nitrogen and oxygen atoms in total. The maximum absolute atomic E-state index is 6.32. The molecule has 0 amide bonds. The van der Waals surface area contributed by atoms with Gasteiger partial charge in [-0.05, 0) is 17.9 Å². The quantitative estimate of drug-likeness (QED) is 0.552. The first-order valence-corrected chi connectivity index (χ1v) is 8.04. The van der Waals surface area contributed by atoms with Gasteiger partial charge in [-0.1, -0.05) is 34.8 Å². The molecule has 17 heavy (non-hydrogen) atoms. The third-order valence-electron chi connectivity index (χ3n) is 3.98. The molecule has 2 aliphatic carbocycles. The van der Waals surface area contributed by atoms with Crippen LogP contribution in [0.2, 0.25) is 0 Å². The third kappa shape index (κ3) is 1.86. The highest BCUT2D eigenvalue weighted by molar-refractivity contribution is 6.53. The van der Waals surface area contributed by atoms with Gasteiger partial charge < -0.3 is 0 Å². The molecule has 2 saturated carbocycles. The molecule has 7 heteroatoms. The fourth-order valence-electron chi connectivity index (χ4n) is 3.04. The summed E-state index contributed by atoms with van der Waals surface area (Å²) in [6, 6.07) is 0. The highest BCUT2D eigenvalue weighted by Crippen LogP contribution is 2.70. The first kappa shape index (κ1) is 15.2. The molecule has 0 saturated heterocycles. The molecule has 3 unspecified atom stereocenters. The van der Waals surface area contributed by atoms with Crippen LogP contribution in [0.5, 0.6) is 0 Å². The van der Waals surface area contributed by atoms with E-state index in [0.29, 0.717) is 6.42 Å². The van der Waals surface area contributed by atoms with Crippen molar-refractivity contribution in [2.75, 3.05) is 5.88 Å². The fourth-order valence-corrected chi connectivity index (χ4v) is 5.98. The van der Waals surface area contributed by atoms with Crippen molar-refractivity contribution in [3.63, 3.8) is 0 Å². The first-order valence-electron chi connectivity index (χ1n) is 5.00. The van der Waals surface area contributed by atoms with Gasteiger partial charge in [0.05, 0.1) is 5.38 Å². The molecule has 0 aromatic heterocycles. The van der Waals surface area contributed by atoms with Crippen LogP contribution in [0, 0.1) is 17.3 Å². The number of halogens is 7. The van der Waals surface area contributed by atoms with Crippen molar-refractivity contribution in [1.29, 1.82) is 0 Å². The minimum absolute atomic E-state index is 0.0633. The molecule has 98 valence electrons. The van der Waals surface area contributed by atoms with E-state index in [1.165, 1.54) is 5.54 Å². The van der Waals surface area contributed by atoms with Gasteiger partial charge in [-0.2, -0.15) is 0 Å². The van der Waals surface area contributed by atoms with E-state index in [1.54, 1.807) is 0 Å². The molecule has 0 heterocycles. The van der Waals surface area contributed by atoms with E-state index in [2.05, 4.69) is 0 Å². The van der Waals surface area contributed by atoms with Crippen LogP contribution in [-0.2, 0) is 0 Å². The molecule has 2 rings (SSSR count). The lowest BCUT2D eigenvalue weighted by atomic mass is 9.72. The second kappa shape index (κ2) is 4.95. The van der Waals surface area contributed by atoms with Gasteiger partial charge in [0.2, 0.25) is 0 Å². The summed E-state index contributed by atoms with van der Waals surface area (Å²) in [5.74, 6) is 0.0403. The Hall–Kier alpha value is 1.77. The van der Waals surface area contributed by atoms with E-state index in [9.17, 15) is 0 Å². The Kier molecular flexibility index (Phi) is 4.42. The lowest BCUT2D eigenvalue weighted by Gasteiger charge is -2.45. The Bertz CT molecular complexity index is 351. The van der Waals surface area contributed by atoms with Crippen LogP contribution < -0.4 is 0 Å². The van der Waals surface area contributed by atoms with Gasteiger partial charge in [-0.3, -0.25) is 0 Å². The summed E-state index contributed by atoms with van der Waals surface area (Å²) < 4.78 is -1.04. The van der Waals surface area contributed by atoms with Crippen LogP contribution in [0.3, 0.4) is 0 Å². The third-order valence-corrected chi connectivity index (χ3v) is 7.30. The second-order valence-corrected chi connectivity index (χ2v) is 8.01. The zero-order chi connectivity index (χ0) is 13.0. The topological polar surface area (TPSA) is 0 Å². The summed E-state index contributed by atoms with van der Waals surface area (Å²) in [5.41, 5.74) is 1.64. The molecule has 4 atom stereocenters. The number of hydrogen-bond acceptors (Lipinski definition) is 0. The molecule has 0 N–H and O–H groups in total. The Morgan fingerprint density at radius 2 is 1.94 bits per heavy atom. The lowest BCUT2D eigenvalue weighted by molar-refractivity contribution is 0.283. The molecular formula is C10H9Cl7. The number of hydrogen-bond donors (Lipinski definition) is 0. The normalized spacial score (nSPS) is 46.1. The zero-order valence-electron chi connectivity index (χ0n) is 8.45. The summed E-state index contributed by atoms with van der Waals surface area (Å²) in [7, 11) is 0. The van der Waals surface area contributed by atoms with E-state index in [-0.39, 0.29) is 17.7 Å². The standard InChI is InChI=1S/C10H9Cl7/c11-2-6-4-1-5(7(13)10(4,16)17)9(6,3-12)8(14)15/h2,4-5,7-8H,1,3H2/b6-2-/t4?,5?,7-,9?/m0/s1. The number of allylic oxidation sites excluding steroid dienone is 1. The predicted molar refractivity (Wildman–Crippen MR) is 78.3 cm³/mol. The molecule has 0 aromatic rings. The van der Waals surface area contributed by atoms with Crippen molar-refractivity contribution in [2.24, 2.45) is 17.3 Å². The molecule has 0 aliphatic heterocycles. The van der Waals surface area contributed by atoms with Crippen LogP contribution in [0.15, 0.2) is 11.1 Å². The van der Waals surface area contributed by atoms with Crippen molar-refractivity contribution in [3.8, 4) is 0 Å². The highest BCUT2D eigenvalue weighted by atomic mass is 35.5. The SMILES string of the molecule is Cl/C=C1/C2CC([C@H](Cl)C2(Cl)Cl)C1(CCl)C(Cl)Cl. The van der Waals surface area contributed by atoms with Crippen molar-refractivity contribution in [3.05, 3.63) is 11.1 Å². The minimum Gasteiger partial charge on any atom is -0.126 e. The maximum Gasteiger partial charge on any atom is 0.141 e. The molecule has 2 fully saturated rings. The van der Waals surface area contributed by atoms with Crippen molar-refractivity contribution >= 4 is 81.2 Å². The second-order valence-electron chi connectivity index (χ2n) is 4.51. The largest absolute Gasteiger partial charge is 0.141 e. The predicted octanol–water partition coefficient (Wildman–Crippen LogP) is 5.57. The number of fused-ring (bicyclic) bond motifs is 2. The molecule has 2 aliphatic rings. The van der Waals surface area contributed by atoms with E-state index in [0.717, 1.165) is 5.57 Å². The molecule has 0 radical (unpaired) electrons. The highest BCUT2D eigenvalue weighted by Gasteiger charge is 2.69. The van der Waals surface area contributed by atoms with Gasteiger partial charge in [0, 0.05) is 22.7 Å². The number of alkyl halides is 6. The molecule has 2 bridgehead atoms. The van der Waals surface area contributed by atoms with E-state index < -0.39 is 20.0 Å². The Balaban J connectivity index is 2.53. The first-order chi connectivity index (χ1) is 7.83. The van der Waals surface area contributed by atoms with Crippen molar-refractivity contribution < 1.29 is 0 Å². The van der Waals surface area contributed by atoms with Crippen molar-refractivity contribution in [1.82, 2.24) is 0 Å². The summed E-state index contributed by atoms with van der Waals surface area (Å²) in [6.07, 6.45) is 0.711. The Labute approximate surface area is 135 Å². The van der Waals surface area contributed by atoms with Crippen LogP contribution in [0.4, 0.5) is 0 Å². The summed E-state index contributed by atoms with van der Waals surface area (Å²) >= 11 is 43.0. The fraction of sp³-hybridized carbons (Fsp3) is 0.800. The van der Waals surface area contributed by atoms with E-state index >= 15 is 0 Å². The zero-order valence-corrected chi connectivity index (χ0v) is 13.7. The average molecular weight is 377 g/mol. The maximum atomic E-state index is 6.32. The molecule has 0 spiro atoms. The van der Waals surface area contributed by atoms with Crippen LogP contribution in [0.1, 0.15) is 6.42 Å². The molecular weight excluding hydrogens is 368 g/mol. The van der Waals surface area contributed by atoms with Crippen LogP contribution >= 0.6 is 81.2 Å². The summed E-state index contributed by atoms with van der Waals surface area (Å²) in [6.45, 7) is 0. The number of rotatable bonds is 2. The van der Waals surface area contributed by atoms with E-state index in [1.807, 2.05) is 0 Å². The smallest absolute Gasteiger partial charge is 0.126 e. The average Bonchev–Trinajstić information content (AvgIpc) is 2.72. The van der Waals surface area contributed by atoms with Gasteiger partial charge in [-0.15, -0.1) is 46.4 Å². The minimum atomic E-state index is -1.04. The van der Waals surface area contributed by atoms with Gasteiger partial charge in [-0.25, -0.2) is 0 Å². The van der Waals surface area contributed by atoms with Gasteiger partial charge in [0.15, 0.2) is 0 Å². The van der Waals surface area contributed by atoms with E-state index in [4.69, 9.17) is 81.2 Å². The van der Waals surface area contributed by atoms with Gasteiger partial charge in [0.25, 0.3) is 0 Å². The summed E-state index contributed by atoms with van der Waals surface area (Å²) in [4.78, 5) is -0.689. The van der Waals surface area contributed by atoms with Crippen LogP contribution in [-0.4, -0.2) is 20.4 Å². The Morgan fingerprint density at radius 3 is 2.35 bits per heavy atom. The van der Waals surface area contributed by atoms with Crippen LogP contribution in [0.25, 0.3) is 0 Å². The Morgan fingerprint density at radius 1 is 1.35 bits per heavy atom. The van der Waals surface area contributed by atoms with Gasteiger partial charge >= 0.3 is 0 Å². The van der Waals surface area contributed by atoms with Gasteiger partial charge in [0.1, 0.15) is 9.17 Å². The molecule has 0 aromatic carbocycles. The lowest BCUT2D eigenvalue weighted by Crippen LogP contribution is -2.49.